The smallest absolute Gasteiger partial charge is 0.385 e. The van der Waals surface area contributed by atoms with Crippen molar-refractivity contribution in [3.63, 3.8) is 0 Å². The summed E-state index contributed by atoms with van der Waals surface area (Å²) >= 11 is 0. The second-order valence-electron chi connectivity index (χ2n) is 16.6. The Morgan fingerprint density at radius 3 is 0.632 bits per heavy atom. The Bertz CT molecular complexity index is 2160. The van der Waals surface area contributed by atoms with Gasteiger partial charge in [0.1, 0.15) is 26.4 Å². The third-order valence-electron chi connectivity index (χ3n) is 10.4. The average molecular weight is 1390 g/mol. The van der Waals surface area contributed by atoms with Crippen LogP contribution in [0.4, 0.5) is 176 Å². The summed E-state index contributed by atoms with van der Waals surface area (Å²) in [5, 5.41) is 0. The van der Waals surface area contributed by atoms with Crippen molar-refractivity contribution in [2.24, 2.45) is 0 Å². The van der Waals surface area contributed by atoms with Gasteiger partial charge in [0.2, 0.25) is 0 Å². The number of carbonyl (C=O) groups is 2. The van der Waals surface area contributed by atoms with E-state index in [-0.39, 0.29) is 0 Å². The highest BCUT2D eigenvalue weighted by Crippen LogP contribution is 2.68. The van der Waals surface area contributed by atoms with Crippen LogP contribution < -0.4 is 0 Å². The fourth-order valence-electron chi connectivity index (χ4n) is 5.16. The molecule has 0 amide bonds. The topological polar surface area (TPSA) is 98.8 Å². The molecule has 0 saturated heterocycles. The van der Waals surface area contributed by atoms with Crippen LogP contribution in [0.2, 0.25) is 0 Å². The Labute approximate surface area is 454 Å². The maximum Gasteiger partial charge on any atom is 0.385 e. The van der Waals surface area contributed by atoms with Crippen molar-refractivity contribution in [3.8, 4) is 0 Å². The van der Waals surface area contributed by atoms with Crippen molar-refractivity contribution in [3.05, 3.63) is 24.3 Å². The molecule has 0 aromatic heterocycles. The van der Waals surface area contributed by atoms with Gasteiger partial charge in [-0.25, -0.2) is 27.2 Å². The molecule has 0 fully saturated rings. The first-order valence-corrected chi connectivity index (χ1v) is 21.2. The number of ether oxygens (including phenoxy) is 7. The zero-order chi connectivity index (χ0) is 69.9. The highest BCUT2D eigenvalue weighted by atomic mass is 19.4. The van der Waals surface area contributed by atoms with E-state index in [1.54, 1.807) is 0 Å². The van der Waals surface area contributed by atoms with Gasteiger partial charge in [-0.15, -0.1) is 0 Å². The first-order chi connectivity index (χ1) is 38.2. The number of halogens is 40. The molecule has 0 aromatic carbocycles. The number of hydrogen-bond acceptors (Lipinski definition) is 9. The fraction of sp³-hybridized carbons (Fsp3) is 0.842. The van der Waals surface area contributed by atoms with Crippen molar-refractivity contribution in [1.29, 1.82) is 0 Å². The van der Waals surface area contributed by atoms with E-state index >= 15 is 0 Å². The van der Waals surface area contributed by atoms with Crippen molar-refractivity contribution in [2.45, 2.75) is 119 Å². The Kier molecular flexibility index (Phi) is 25.3. The second kappa shape index (κ2) is 26.7. The molecule has 49 heteroatoms. The summed E-state index contributed by atoms with van der Waals surface area (Å²) in [6, 6.07) is 0. The van der Waals surface area contributed by atoms with Gasteiger partial charge in [-0.2, -0.15) is 158 Å². The van der Waals surface area contributed by atoms with Crippen LogP contribution in [0.3, 0.4) is 0 Å². The van der Waals surface area contributed by atoms with Gasteiger partial charge in [-0.1, -0.05) is 13.2 Å². The lowest BCUT2D eigenvalue weighted by molar-refractivity contribution is -0.466. The number of esters is 2. The van der Waals surface area contributed by atoms with E-state index in [1.807, 2.05) is 0 Å². The summed E-state index contributed by atoms with van der Waals surface area (Å²) in [7, 11) is 0. The highest BCUT2D eigenvalue weighted by molar-refractivity contribution is 5.88. The van der Waals surface area contributed by atoms with Crippen LogP contribution in [0, 0.1) is 0 Å². The van der Waals surface area contributed by atoms with E-state index in [0.717, 1.165) is 0 Å². The molecule has 0 spiro atoms. The summed E-state index contributed by atoms with van der Waals surface area (Å²) in [5.74, 6) is -158. The summed E-state index contributed by atoms with van der Waals surface area (Å²) in [6.45, 7) is -10.2. The van der Waals surface area contributed by atoms with Gasteiger partial charge in [0.05, 0.1) is 64.0 Å². The molecule has 0 unspecified atom stereocenters. The van der Waals surface area contributed by atoms with Crippen molar-refractivity contribution >= 4 is 11.9 Å². The van der Waals surface area contributed by atoms with Gasteiger partial charge >= 0.3 is 131 Å². The molecule has 0 aliphatic heterocycles. The van der Waals surface area contributed by atoms with E-state index in [1.165, 1.54) is 0 Å². The lowest BCUT2D eigenvalue weighted by atomic mass is 9.86. The molecule has 0 radical (unpaired) electrons. The van der Waals surface area contributed by atoms with E-state index in [2.05, 4.69) is 32.1 Å². The van der Waals surface area contributed by atoms with Gasteiger partial charge in [-0.05, 0) is 0 Å². The molecule has 0 atom stereocenters. The minimum absolute atomic E-state index is 0.414. The van der Waals surface area contributed by atoms with Gasteiger partial charge in [0, 0.05) is 0 Å². The van der Waals surface area contributed by atoms with E-state index in [9.17, 15) is 185 Å². The van der Waals surface area contributed by atoms with Crippen molar-refractivity contribution < 1.29 is 218 Å². The van der Waals surface area contributed by atoms with E-state index < -0.39 is 222 Å². The van der Waals surface area contributed by atoms with Crippen LogP contribution in [-0.4, -0.2) is 211 Å². The fourth-order valence-corrected chi connectivity index (χ4v) is 5.16. The molecule has 516 valence electrons. The lowest BCUT2D eigenvalue weighted by Gasteiger charge is -2.44. The predicted octanol–water partition coefficient (Wildman–Crippen LogP) is 13.2. The summed E-state index contributed by atoms with van der Waals surface area (Å²) in [5.41, 5.74) is -2.61. The first kappa shape index (κ1) is 82.4. The maximum atomic E-state index is 14.1. The zero-order valence-electron chi connectivity index (χ0n) is 40.8. The monoisotopic (exact) mass is 1390 g/mol. The molecule has 0 aromatic rings. The largest absolute Gasteiger partial charge is 0.460 e. The van der Waals surface area contributed by atoms with Crippen LogP contribution in [0.15, 0.2) is 24.3 Å². The number of carbonyl (C=O) groups excluding carboxylic acids is 2. The lowest BCUT2D eigenvalue weighted by Crippen LogP contribution is -2.76. The first-order valence-electron chi connectivity index (χ1n) is 21.2. The molecule has 0 N–H and O–H groups in total. The standard InChI is InChI=1S/C38H30F40O9/c1-15(11-84-13-21(43,44)25(51,52)29(59,60)33(67,68)37(75,76)35(71,72)31(63,64)27(55,56)23(47,48)19(39)40)17(79)86-9-7-82-5-3-81-4-6-83-8-10-87-18(80)16(2)12-85-14-22(45,46)26(53,54)30(61,62)34(69,70)38(77,78)36(73,74)32(65,66)28(57,58)24(49,50)20(41)42/h19-20H,1-14H2. The molecule has 0 bridgehead atoms. The third kappa shape index (κ3) is 14.3. The predicted molar refractivity (Wildman–Crippen MR) is 195 cm³/mol. The minimum atomic E-state index is -9.24. The molecule has 0 heterocycles. The van der Waals surface area contributed by atoms with Gasteiger partial charge in [0.15, 0.2) is 0 Å². The average Bonchev–Trinajstić information content (AvgIpc) is 1.33. The zero-order valence-corrected chi connectivity index (χ0v) is 40.8. The maximum absolute atomic E-state index is 14.1. The Morgan fingerprint density at radius 2 is 0.437 bits per heavy atom. The van der Waals surface area contributed by atoms with Gasteiger partial charge in [0.25, 0.3) is 0 Å². The normalized spacial score (nSPS) is 15.4. The number of rotatable bonds is 40. The summed E-state index contributed by atoms with van der Waals surface area (Å²) < 4.78 is 574. The van der Waals surface area contributed by atoms with Gasteiger partial charge < -0.3 is 33.2 Å². The Balaban J connectivity index is 5.07. The molecule has 0 aliphatic carbocycles. The molecule has 0 saturated carbocycles. The van der Waals surface area contributed by atoms with Crippen molar-refractivity contribution in [2.75, 3.05) is 79.3 Å². The second-order valence-corrected chi connectivity index (χ2v) is 16.6. The molecule has 0 rings (SSSR count). The van der Waals surface area contributed by atoms with Gasteiger partial charge in [-0.3, -0.25) is 0 Å². The summed E-state index contributed by atoms with van der Waals surface area (Å²) in [4.78, 5) is 23.7. The Hall–Kier alpha value is -4.58. The highest BCUT2D eigenvalue weighted by Gasteiger charge is 2.99. The quantitative estimate of drug-likeness (QED) is 0.0257. The summed E-state index contributed by atoms with van der Waals surface area (Å²) in [6.07, 6.45) is -12.5. The number of hydrogen-bond donors (Lipinski definition) is 0. The minimum Gasteiger partial charge on any atom is -0.460 e. The van der Waals surface area contributed by atoms with Crippen LogP contribution in [0.1, 0.15) is 0 Å². The van der Waals surface area contributed by atoms with Crippen LogP contribution in [0.5, 0.6) is 0 Å². The molecule has 0 aliphatic rings. The molecular formula is C38H30F40O9. The van der Waals surface area contributed by atoms with Crippen LogP contribution in [0.25, 0.3) is 0 Å². The van der Waals surface area contributed by atoms with Crippen LogP contribution >= 0.6 is 0 Å². The molecule has 87 heavy (non-hydrogen) atoms. The van der Waals surface area contributed by atoms with Crippen LogP contribution in [-0.2, 0) is 42.7 Å². The SMILES string of the molecule is C=C(COCC(F)(F)C(F)(F)C(F)(F)C(F)(F)C(F)(F)C(F)(F)C(F)(F)C(F)(F)C(F)(F)C(F)F)C(=O)OCCOCCOCCOCCOC(=O)C(=C)COCC(F)(F)C(F)(F)C(F)(F)C(F)(F)C(F)(F)C(F)(F)C(F)(F)C(F)(F)C(F)(F)C(F)F. The van der Waals surface area contributed by atoms with Crippen molar-refractivity contribution in [1.82, 2.24) is 0 Å². The number of alkyl halides is 40. The van der Waals surface area contributed by atoms with E-state index in [0.29, 0.717) is 0 Å². The van der Waals surface area contributed by atoms with E-state index in [4.69, 9.17) is 14.2 Å². The Morgan fingerprint density at radius 1 is 0.264 bits per heavy atom. The third-order valence-corrected chi connectivity index (χ3v) is 10.4. The molecular weight excluding hydrogens is 1360 g/mol. The molecule has 9 nitrogen and oxygen atoms in total.